The molecule has 2 aromatic carbocycles. The van der Waals surface area contributed by atoms with Crippen LogP contribution in [0.25, 0.3) is 0 Å². The number of anilines is 1. The number of nitrogens with two attached hydrogens (primary N) is 1. The molecule has 0 fully saturated rings. The van der Waals surface area contributed by atoms with Crippen molar-refractivity contribution < 1.29 is 22.8 Å². The van der Waals surface area contributed by atoms with E-state index >= 15 is 0 Å². The first kappa shape index (κ1) is 20.2. The highest BCUT2D eigenvalue weighted by Gasteiger charge is 2.36. The second-order valence-corrected chi connectivity index (χ2v) is 8.05. The number of benzene rings is 2. The van der Waals surface area contributed by atoms with Crippen molar-refractivity contribution in [3.8, 4) is 0 Å². The van der Waals surface area contributed by atoms with E-state index in [1.807, 2.05) is 4.72 Å². The first-order valence-corrected chi connectivity index (χ1v) is 10.1. The number of sulfonamides is 1. The molecule has 0 spiro atoms. The molecule has 0 aromatic heterocycles. The Morgan fingerprint density at radius 2 is 1.79 bits per heavy atom. The molecule has 2 aromatic rings. The summed E-state index contributed by atoms with van der Waals surface area (Å²) in [5, 5.41) is 5.39. The van der Waals surface area contributed by atoms with Crippen LogP contribution in [0.3, 0.4) is 0 Å². The van der Waals surface area contributed by atoms with Crippen molar-refractivity contribution in [3.05, 3.63) is 60.2 Å². The summed E-state index contributed by atoms with van der Waals surface area (Å²) in [5.41, 5.74) is 6.00. The lowest BCUT2D eigenvalue weighted by molar-refractivity contribution is -0.119. The first-order chi connectivity index (χ1) is 13.7. The molecule has 0 aliphatic carbocycles. The zero-order valence-electron chi connectivity index (χ0n) is 15.4. The normalized spacial score (nSPS) is 16.2. The molecule has 29 heavy (non-hydrogen) atoms. The van der Waals surface area contributed by atoms with Crippen LogP contribution in [0.1, 0.15) is 23.7 Å². The van der Waals surface area contributed by atoms with E-state index in [0.29, 0.717) is 5.69 Å². The molecule has 0 saturated carbocycles. The maximum absolute atomic E-state index is 12.5. The molecule has 0 saturated heterocycles. The monoisotopic (exact) mass is 414 g/mol. The number of primary amides is 1. The molecular formula is C19H18N4O5S. The highest BCUT2D eigenvalue weighted by atomic mass is 32.2. The maximum Gasteiger partial charge on any atom is 0.281 e. The van der Waals surface area contributed by atoms with Crippen LogP contribution in [0, 0.1) is 0 Å². The number of hydrazone groups is 1. The Labute approximate surface area is 167 Å². The maximum atomic E-state index is 12.5. The number of nitrogens with zero attached hydrogens (tertiary/aromatic N) is 2. The number of rotatable bonds is 6. The van der Waals surface area contributed by atoms with Crippen LogP contribution in [0.15, 0.2) is 64.6 Å². The lowest BCUT2D eigenvalue weighted by Gasteiger charge is -2.20. The quantitative estimate of drug-likeness (QED) is 0.671. The first-order valence-electron chi connectivity index (χ1n) is 8.58. The van der Waals surface area contributed by atoms with Crippen LogP contribution in [-0.4, -0.2) is 37.8 Å². The van der Waals surface area contributed by atoms with Gasteiger partial charge < -0.3 is 5.73 Å². The van der Waals surface area contributed by atoms with Gasteiger partial charge in [-0.25, -0.2) is 13.1 Å². The van der Waals surface area contributed by atoms with Crippen molar-refractivity contribution >= 4 is 39.0 Å². The van der Waals surface area contributed by atoms with Gasteiger partial charge in [-0.1, -0.05) is 30.3 Å². The van der Waals surface area contributed by atoms with Gasteiger partial charge in [-0.3, -0.25) is 19.4 Å². The number of Topliss-reactive ketones (excluding diaryl/α,β-unsaturated/α-hetero) is 1. The molecule has 150 valence electrons. The molecule has 2 amide bonds. The third-order valence-electron chi connectivity index (χ3n) is 4.30. The fraction of sp³-hybridized carbons (Fsp3) is 0.158. The largest absolute Gasteiger partial charge is 0.368 e. The summed E-state index contributed by atoms with van der Waals surface area (Å²) < 4.78 is 27.0. The molecule has 1 aliphatic heterocycles. The molecule has 10 heteroatoms. The van der Waals surface area contributed by atoms with Crippen molar-refractivity contribution in [2.45, 2.75) is 24.3 Å². The van der Waals surface area contributed by atoms with E-state index < -0.39 is 27.9 Å². The third-order valence-corrected chi connectivity index (χ3v) is 5.63. The number of hydrogen-bond acceptors (Lipinski definition) is 7. The van der Waals surface area contributed by atoms with E-state index in [9.17, 15) is 22.8 Å². The molecule has 1 unspecified atom stereocenters. The standard InChI is InChI=1S/C19H18N4O5S/c1-12(24)13-6-5-9-15(10-13)29(27,28)22-19(26)16-11-17(18(20)25)23(21-16)14-7-3-2-4-8-14/h2-10,17H,11H2,1H3,(H2,20,25)(H,22,26). The minimum absolute atomic E-state index is 0.140. The van der Waals surface area contributed by atoms with Crippen molar-refractivity contribution in [3.63, 3.8) is 0 Å². The van der Waals surface area contributed by atoms with Crippen LogP contribution in [0.5, 0.6) is 0 Å². The van der Waals surface area contributed by atoms with E-state index in [2.05, 4.69) is 5.10 Å². The predicted octanol–water partition coefficient (Wildman–Crippen LogP) is 0.814. The second-order valence-electron chi connectivity index (χ2n) is 6.37. The van der Waals surface area contributed by atoms with E-state index in [-0.39, 0.29) is 28.4 Å². The molecule has 3 rings (SSSR count). The summed E-state index contributed by atoms with van der Waals surface area (Å²) in [7, 11) is -4.24. The van der Waals surface area contributed by atoms with E-state index in [1.54, 1.807) is 30.3 Å². The predicted molar refractivity (Wildman–Crippen MR) is 106 cm³/mol. The fourth-order valence-corrected chi connectivity index (χ4v) is 3.83. The Morgan fingerprint density at radius 1 is 1.10 bits per heavy atom. The van der Waals surface area contributed by atoms with Crippen molar-refractivity contribution in [2.75, 3.05) is 5.01 Å². The summed E-state index contributed by atoms with van der Waals surface area (Å²) >= 11 is 0. The van der Waals surface area contributed by atoms with Gasteiger partial charge in [0.05, 0.1) is 10.6 Å². The molecule has 1 atom stereocenters. The average molecular weight is 414 g/mol. The van der Waals surface area contributed by atoms with Gasteiger partial charge in [-0.15, -0.1) is 0 Å². The molecule has 3 N–H and O–H groups in total. The number of carbonyl (C=O) groups excluding carboxylic acids is 3. The van der Waals surface area contributed by atoms with Gasteiger partial charge >= 0.3 is 0 Å². The fourth-order valence-electron chi connectivity index (χ4n) is 2.81. The van der Waals surface area contributed by atoms with Crippen LogP contribution < -0.4 is 15.5 Å². The number of amides is 2. The Hall–Kier alpha value is -3.53. The molecule has 1 aliphatic rings. The Balaban J connectivity index is 1.85. The van der Waals surface area contributed by atoms with E-state index in [1.165, 1.54) is 36.2 Å². The molecule has 1 heterocycles. The summed E-state index contributed by atoms with van der Waals surface area (Å²) in [6, 6.07) is 13.0. The summed E-state index contributed by atoms with van der Waals surface area (Å²) in [6.07, 6.45) is -0.140. The second kappa shape index (κ2) is 7.84. The van der Waals surface area contributed by atoms with Crippen LogP contribution >= 0.6 is 0 Å². The molecule has 9 nitrogen and oxygen atoms in total. The van der Waals surface area contributed by atoms with E-state index in [0.717, 1.165) is 0 Å². The summed E-state index contributed by atoms with van der Waals surface area (Å²) in [5.74, 6) is -1.98. The van der Waals surface area contributed by atoms with E-state index in [4.69, 9.17) is 5.73 Å². The lowest BCUT2D eigenvalue weighted by Crippen LogP contribution is -2.40. The number of ketones is 1. The number of carbonyl (C=O) groups is 3. The van der Waals surface area contributed by atoms with Crippen molar-refractivity contribution in [1.82, 2.24) is 4.72 Å². The summed E-state index contributed by atoms with van der Waals surface area (Å²) in [6.45, 7) is 1.31. The molecule has 0 bridgehead atoms. The van der Waals surface area contributed by atoms with Gasteiger partial charge in [-0.05, 0) is 31.2 Å². The van der Waals surface area contributed by atoms with Crippen LogP contribution in [0.4, 0.5) is 5.69 Å². The third kappa shape index (κ3) is 4.32. The van der Waals surface area contributed by atoms with Crippen molar-refractivity contribution in [1.29, 1.82) is 0 Å². The molecular weight excluding hydrogens is 396 g/mol. The van der Waals surface area contributed by atoms with Gasteiger partial charge in [0.15, 0.2) is 5.78 Å². The highest BCUT2D eigenvalue weighted by Crippen LogP contribution is 2.24. The Morgan fingerprint density at radius 3 is 2.41 bits per heavy atom. The SMILES string of the molecule is CC(=O)c1cccc(S(=O)(=O)NC(=O)C2=NN(c3ccccc3)C(C(N)=O)C2)c1. The average Bonchev–Trinajstić information content (AvgIpc) is 3.14. The number of hydrogen-bond donors (Lipinski definition) is 2. The minimum atomic E-state index is -4.24. The van der Waals surface area contributed by atoms with Crippen LogP contribution in [0.2, 0.25) is 0 Å². The number of nitrogens with one attached hydrogen (secondary N) is 1. The van der Waals surface area contributed by atoms with Gasteiger partial charge in [0.2, 0.25) is 5.91 Å². The smallest absolute Gasteiger partial charge is 0.281 e. The van der Waals surface area contributed by atoms with Gasteiger partial charge in [0.1, 0.15) is 11.8 Å². The Bertz CT molecular complexity index is 1110. The zero-order valence-corrected chi connectivity index (χ0v) is 16.2. The Kier molecular flexibility index (Phi) is 5.46. The van der Waals surface area contributed by atoms with Crippen molar-refractivity contribution in [2.24, 2.45) is 10.8 Å². The van der Waals surface area contributed by atoms with Crippen LogP contribution in [-0.2, 0) is 19.6 Å². The lowest BCUT2D eigenvalue weighted by atomic mass is 10.1. The van der Waals surface area contributed by atoms with Gasteiger partial charge in [-0.2, -0.15) is 5.10 Å². The minimum Gasteiger partial charge on any atom is -0.368 e. The zero-order chi connectivity index (χ0) is 21.2. The number of para-hydroxylation sites is 1. The topological polar surface area (TPSA) is 139 Å². The molecule has 0 radical (unpaired) electrons. The van der Waals surface area contributed by atoms with Gasteiger partial charge in [0, 0.05) is 12.0 Å². The van der Waals surface area contributed by atoms with Gasteiger partial charge in [0.25, 0.3) is 15.9 Å². The summed E-state index contributed by atoms with van der Waals surface area (Å²) in [4.78, 5) is 35.6. The highest BCUT2D eigenvalue weighted by molar-refractivity contribution is 7.90.